The van der Waals surface area contributed by atoms with Gasteiger partial charge in [-0.1, -0.05) is 18.2 Å². The van der Waals surface area contributed by atoms with Crippen LogP contribution in [0.1, 0.15) is 10.4 Å². The number of carbonyl (C=O) groups is 1. The highest BCUT2D eigenvalue weighted by Gasteiger charge is 2.13. The maximum atomic E-state index is 11.2. The molecule has 0 saturated heterocycles. The highest BCUT2D eigenvalue weighted by atomic mass is 16.4. The van der Waals surface area contributed by atoms with Crippen LogP contribution in [0.25, 0.3) is 10.9 Å². The number of carboxylic acids is 1. The van der Waals surface area contributed by atoms with E-state index in [0.717, 1.165) is 0 Å². The molecule has 0 bridgehead atoms. The molecule has 2 aromatic rings. The Bertz CT molecular complexity index is 559. The number of carboxylic acid groups (broad SMARTS) is 1. The minimum Gasteiger partial charge on any atom is -0.477 e. The molecule has 2 N–H and O–H groups in total. The number of nitrogens with zero attached hydrogens (tertiary/aromatic N) is 1. The second-order valence-electron chi connectivity index (χ2n) is 2.75. The number of nitrogens with one attached hydrogen (secondary N) is 1. The third-order valence-corrected chi connectivity index (χ3v) is 1.89. The molecule has 70 valence electrons. The lowest BCUT2D eigenvalue weighted by Crippen LogP contribution is -2.19. The molecular weight excluding hydrogens is 184 g/mol. The zero-order valence-electron chi connectivity index (χ0n) is 7.02. The van der Waals surface area contributed by atoms with Gasteiger partial charge in [0.2, 0.25) is 0 Å². The smallest absolute Gasteiger partial charge is 0.342 e. The summed E-state index contributed by atoms with van der Waals surface area (Å²) >= 11 is 0. The van der Waals surface area contributed by atoms with Gasteiger partial charge in [-0.15, -0.1) is 0 Å². The molecule has 1 heterocycles. The Morgan fingerprint density at radius 2 is 2.07 bits per heavy atom. The quantitative estimate of drug-likeness (QED) is 0.690. The van der Waals surface area contributed by atoms with E-state index in [0.29, 0.717) is 10.9 Å². The Balaban J connectivity index is 2.97. The Labute approximate surface area is 78.0 Å². The van der Waals surface area contributed by atoms with Gasteiger partial charge >= 0.3 is 5.97 Å². The fraction of sp³-hybridized carbons (Fsp3) is 0. The number of hydrogen-bond acceptors (Lipinski definition) is 3. The van der Waals surface area contributed by atoms with Gasteiger partial charge in [-0.25, -0.2) is 9.89 Å². The molecule has 1 aromatic heterocycles. The summed E-state index contributed by atoms with van der Waals surface area (Å²) in [5, 5.41) is 15.0. The lowest BCUT2D eigenvalue weighted by molar-refractivity contribution is 0.0697. The van der Waals surface area contributed by atoms with Crippen molar-refractivity contribution in [2.24, 2.45) is 0 Å². The molecule has 1 aromatic carbocycles. The van der Waals surface area contributed by atoms with Crippen molar-refractivity contribution in [1.29, 1.82) is 0 Å². The molecule has 0 aliphatic rings. The molecule has 0 aliphatic carbocycles. The molecule has 14 heavy (non-hydrogen) atoms. The standard InChI is InChI=1S/C9H6N2O3/c12-8-7(9(13)14)5-3-1-2-4-6(5)10-11-8/h1-4H,(H,11,12)(H,13,14). The minimum atomic E-state index is -1.25. The summed E-state index contributed by atoms with van der Waals surface area (Å²) in [5.74, 6) is -1.25. The van der Waals surface area contributed by atoms with Gasteiger partial charge in [0, 0.05) is 5.39 Å². The summed E-state index contributed by atoms with van der Waals surface area (Å²) in [6.07, 6.45) is 0. The Hall–Kier alpha value is -2.17. The number of rotatable bonds is 1. The van der Waals surface area contributed by atoms with E-state index in [-0.39, 0.29) is 5.56 Å². The van der Waals surface area contributed by atoms with Crippen molar-refractivity contribution in [2.75, 3.05) is 0 Å². The van der Waals surface area contributed by atoms with Crippen molar-refractivity contribution in [3.8, 4) is 0 Å². The summed E-state index contributed by atoms with van der Waals surface area (Å²) in [7, 11) is 0. The maximum Gasteiger partial charge on any atom is 0.342 e. The molecule has 0 unspecified atom stereocenters. The van der Waals surface area contributed by atoms with Gasteiger partial charge in [0.1, 0.15) is 5.56 Å². The lowest BCUT2D eigenvalue weighted by Gasteiger charge is -1.98. The molecule has 5 nitrogen and oxygen atoms in total. The molecule has 0 amide bonds. The number of aromatic nitrogens is 2. The molecule has 0 saturated carbocycles. The largest absolute Gasteiger partial charge is 0.477 e. The van der Waals surface area contributed by atoms with Gasteiger partial charge in [0.15, 0.2) is 0 Å². The van der Waals surface area contributed by atoms with Crippen molar-refractivity contribution >= 4 is 16.9 Å². The van der Waals surface area contributed by atoms with Crippen molar-refractivity contribution in [2.45, 2.75) is 0 Å². The van der Waals surface area contributed by atoms with Crippen LogP contribution in [0.2, 0.25) is 0 Å². The molecule has 0 atom stereocenters. The topological polar surface area (TPSA) is 83.0 Å². The molecular formula is C9H6N2O3. The van der Waals surface area contributed by atoms with Crippen LogP contribution in [-0.4, -0.2) is 21.3 Å². The van der Waals surface area contributed by atoms with E-state index in [4.69, 9.17) is 5.11 Å². The third-order valence-electron chi connectivity index (χ3n) is 1.89. The van der Waals surface area contributed by atoms with E-state index < -0.39 is 11.5 Å². The molecule has 0 fully saturated rings. The number of fused-ring (bicyclic) bond motifs is 1. The van der Waals surface area contributed by atoms with Crippen LogP contribution in [0, 0.1) is 0 Å². The second kappa shape index (κ2) is 2.95. The van der Waals surface area contributed by atoms with Crippen LogP contribution in [0.5, 0.6) is 0 Å². The molecule has 0 aliphatic heterocycles. The highest BCUT2D eigenvalue weighted by Crippen LogP contribution is 2.11. The fourth-order valence-electron chi connectivity index (χ4n) is 1.28. The Kier molecular flexibility index (Phi) is 1.78. The SMILES string of the molecule is O=C(O)c1c(=O)[nH]nc2ccccc12. The van der Waals surface area contributed by atoms with E-state index in [1.54, 1.807) is 24.3 Å². The van der Waals surface area contributed by atoms with Gasteiger partial charge in [-0.05, 0) is 6.07 Å². The lowest BCUT2D eigenvalue weighted by atomic mass is 10.1. The average Bonchev–Trinajstić information content (AvgIpc) is 2.17. The number of para-hydroxylation sites is 1. The average molecular weight is 190 g/mol. The number of benzene rings is 1. The van der Waals surface area contributed by atoms with Crippen LogP contribution in [0.3, 0.4) is 0 Å². The van der Waals surface area contributed by atoms with Gasteiger partial charge in [0.05, 0.1) is 5.52 Å². The maximum absolute atomic E-state index is 11.2. The van der Waals surface area contributed by atoms with Crippen LogP contribution < -0.4 is 5.56 Å². The number of aromatic amines is 1. The van der Waals surface area contributed by atoms with E-state index in [1.807, 2.05) is 0 Å². The van der Waals surface area contributed by atoms with Crippen LogP contribution in [0.15, 0.2) is 29.1 Å². The van der Waals surface area contributed by atoms with Crippen molar-refractivity contribution in [3.63, 3.8) is 0 Å². The first-order valence-corrected chi connectivity index (χ1v) is 3.91. The predicted molar refractivity (Wildman–Crippen MR) is 49.3 cm³/mol. The number of H-pyrrole nitrogens is 1. The number of aromatic carboxylic acids is 1. The first-order valence-electron chi connectivity index (χ1n) is 3.91. The Morgan fingerprint density at radius 1 is 1.36 bits per heavy atom. The van der Waals surface area contributed by atoms with Crippen molar-refractivity contribution in [1.82, 2.24) is 10.2 Å². The summed E-state index contributed by atoms with van der Waals surface area (Å²) in [6, 6.07) is 6.58. The summed E-state index contributed by atoms with van der Waals surface area (Å²) < 4.78 is 0. The van der Waals surface area contributed by atoms with E-state index in [1.165, 1.54) is 0 Å². The summed E-state index contributed by atoms with van der Waals surface area (Å²) in [6.45, 7) is 0. The van der Waals surface area contributed by atoms with Crippen LogP contribution >= 0.6 is 0 Å². The van der Waals surface area contributed by atoms with Crippen molar-refractivity contribution < 1.29 is 9.90 Å². The van der Waals surface area contributed by atoms with Gasteiger partial charge in [-0.3, -0.25) is 4.79 Å². The molecule has 5 heteroatoms. The number of hydrogen-bond donors (Lipinski definition) is 2. The zero-order valence-corrected chi connectivity index (χ0v) is 7.02. The predicted octanol–water partition coefficient (Wildman–Crippen LogP) is 0.621. The van der Waals surface area contributed by atoms with Crippen LogP contribution in [-0.2, 0) is 0 Å². The van der Waals surface area contributed by atoms with Crippen molar-refractivity contribution in [3.05, 3.63) is 40.2 Å². The first-order chi connectivity index (χ1) is 6.70. The van der Waals surface area contributed by atoms with E-state index in [2.05, 4.69) is 10.2 Å². The van der Waals surface area contributed by atoms with E-state index >= 15 is 0 Å². The van der Waals surface area contributed by atoms with Gasteiger partial charge in [0.25, 0.3) is 5.56 Å². The van der Waals surface area contributed by atoms with Gasteiger partial charge < -0.3 is 5.11 Å². The third kappa shape index (κ3) is 1.15. The van der Waals surface area contributed by atoms with E-state index in [9.17, 15) is 9.59 Å². The molecule has 0 radical (unpaired) electrons. The van der Waals surface area contributed by atoms with Gasteiger partial charge in [-0.2, -0.15) is 5.10 Å². The second-order valence-corrected chi connectivity index (χ2v) is 2.75. The normalized spacial score (nSPS) is 10.3. The molecule has 2 rings (SSSR count). The highest BCUT2D eigenvalue weighted by molar-refractivity contribution is 6.01. The minimum absolute atomic E-state index is 0.268. The van der Waals surface area contributed by atoms with Crippen LogP contribution in [0.4, 0.5) is 0 Å². The fourth-order valence-corrected chi connectivity index (χ4v) is 1.28. The zero-order chi connectivity index (χ0) is 10.1. The first kappa shape index (κ1) is 8.43. The molecule has 0 spiro atoms. The Morgan fingerprint density at radius 3 is 2.79 bits per heavy atom. The monoisotopic (exact) mass is 190 g/mol. The summed E-state index contributed by atoms with van der Waals surface area (Å²) in [4.78, 5) is 22.0. The summed E-state index contributed by atoms with van der Waals surface area (Å²) in [5.41, 5.74) is -0.490.